The van der Waals surface area contributed by atoms with Crippen molar-refractivity contribution in [2.45, 2.75) is 55.9 Å². The number of Topliss-reactive ketones (excluding diaryl/α,β-unsaturated/α-hetero) is 1. The fourth-order valence-electron chi connectivity index (χ4n) is 4.19. The molecule has 0 unspecified atom stereocenters. The predicted molar refractivity (Wildman–Crippen MR) is 120 cm³/mol. The van der Waals surface area contributed by atoms with E-state index in [9.17, 15) is 18.0 Å². The number of fused-ring (bicyclic) bond motifs is 1. The number of carbonyl (C=O) groups excluding carboxylic acids is 2. The topological polar surface area (TPSA) is 102 Å². The van der Waals surface area contributed by atoms with Crippen LogP contribution in [0.15, 0.2) is 58.4 Å². The molecule has 0 amide bonds. The quantitative estimate of drug-likeness (QED) is 0.531. The summed E-state index contributed by atoms with van der Waals surface area (Å²) in [6, 6.07) is 13.0. The first-order chi connectivity index (χ1) is 15.3. The lowest BCUT2D eigenvalue weighted by atomic mass is 9.84. The van der Waals surface area contributed by atoms with Gasteiger partial charge in [-0.25, -0.2) is 13.2 Å². The highest BCUT2D eigenvalue weighted by atomic mass is 32.2. The van der Waals surface area contributed by atoms with E-state index in [0.29, 0.717) is 17.0 Å². The first-order valence-electron chi connectivity index (χ1n) is 10.8. The summed E-state index contributed by atoms with van der Waals surface area (Å²) in [5.41, 5.74) is 2.15. The smallest absolute Gasteiger partial charge is 0.331 e. The SMILES string of the molecule is C[C@@H](N=C1NS(=O)(=O)c2ccccc21)C(=O)OCC(=O)c1ccc(C2CCCCC2)cc1. The van der Waals surface area contributed by atoms with Gasteiger partial charge in [-0.15, -0.1) is 0 Å². The van der Waals surface area contributed by atoms with Crippen LogP contribution in [-0.4, -0.2) is 38.7 Å². The van der Waals surface area contributed by atoms with E-state index in [-0.39, 0.29) is 23.1 Å². The lowest BCUT2D eigenvalue weighted by Crippen LogP contribution is -2.27. The number of nitrogens with one attached hydrogen (secondary N) is 1. The Labute approximate surface area is 187 Å². The zero-order chi connectivity index (χ0) is 22.7. The third-order valence-corrected chi connectivity index (χ3v) is 7.38. The van der Waals surface area contributed by atoms with E-state index in [1.165, 1.54) is 50.7 Å². The van der Waals surface area contributed by atoms with Crippen molar-refractivity contribution in [3.63, 3.8) is 0 Å². The second kappa shape index (κ2) is 9.24. The largest absolute Gasteiger partial charge is 0.456 e. The van der Waals surface area contributed by atoms with Gasteiger partial charge in [0.1, 0.15) is 11.9 Å². The van der Waals surface area contributed by atoms with Crippen molar-refractivity contribution in [3.05, 3.63) is 65.2 Å². The van der Waals surface area contributed by atoms with Gasteiger partial charge in [-0.3, -0.25) is 14.5 Å². The van der Waals surface area contributed by atoms with Gasteiger partial charge in [0.05, 0.1) is 4.90 Å². The average Bonchev–Trinajstić information content (AvgIpc) is 3.07. The van der Waals surface area contributed by atoms with Gasteiger partial charge in [0, 0.05) is 11.1 Å². The standard InChI is InChI=1S/C24H26N2O5S/c1-16(25-23-20-9-5-6-10-22(20)32(29,30)26-23)24(28)31-15-21(27)19-13-11-18(12-14-19)17-7-3-2-4-8-17/h5-6,9-14,16-17H,2-4,7-8,15H2,1H3,(H,25,26)/t16-/m1/s1. The van der Waals surface area contributed by atoms with Crippen LogP contribution in [0, 0.1) is 0 Å². The molecule has 2 aliphatic rings. The van der Waals surface area contributed by atoms with Crippen molar-refractivity contribution >= 4 is 27.6 Å². The molecule has 8 heteroatoms. The van der Waals surface area contributed by atoms with E-state index in [0.717, 1.165) is 0 Å². The molecule has 0 spiro atoms. The van der Waals surface area contributed by atoms with E-state index in [4.69, 9.17) is 4.74 Å². The van der Waals surface area contributed by atoms with Crippen LogP contribution < -0.4 is 4.72 Å². The Morgan fingerprint density at radius 3 is 2.47 bits per heavy atom. The molecule has 168 valence electrons. The van der Waals surface area contributed by atoms with Crippen molar-refractivity contribution in [2.24, 2.45) is 4.99 Å². The monoisotopic (exact) mass is 454 g/mol. The Kier molecular flexibility index (Phi) is 6.41. The Morgan fingerprint density at radius 1 is 1.06 bits per heavy atom. The molecule has 1 aliphatic heterocycles. The highest BCUT2D eigenvalue weighted by Crippen LogP contribution is 2.32. The van der Waals surface area contributed by atoms with Crippen LogP contribution in [-0.2, 0) is 19.6 Å². The fraction of sp³-hybridized carbons (Fsp3) is 0.375. The minimum atomic E-state index is -3.69. The number of sulfonamides is 1. The Hall–Kier alpha value is -3.00. The summed E-state index contributed by atoms with van der Waals surface area (Å²) in [5.74, 6) is -0.341. The molecule has 0 saturated heterocycles. The number of hydrogen-bond donors (Lipinski definition) is 1. The van der Waals surface area contributed by atoms with Crippen LogP contribution in [0.25, 0.3) is 0 Å². The molecular weight excluding hydrogens is 428 g/mol. The van der Waals surface area contributed by atoms with E-state index < -0.39 is 22.0 Å². The van der Waals surface area contributed by atoms with Gasteiger partial charge in [0.2, 0.25) is 0 Å². The molecule has 1 saturated carbocycles. The third kappa shape index (κ3) is 4.75. The van der Waals surface area contributed by atoms with Gasteiger partial charge in [0.15, 0.2) is 12.4 Å². The number of ether oxygens (including phenoxy) is 1. The molecule has 1 aliphatic carbocycles. The van der Waals surface area contributed by atoms with Crippen molar-refractivity contribution in [3.8, 4) is 0 Å². The molecule has 0 bridgehead atoms. The van der Waals surface area contributed by atoms with E-state index in [1.54, 1.807) is 30.3 Å². The molecule has 0 radical (unpaired) electrons. The molecule has 2 aromatic carbocycles. The van der Waals surface area contributed by atoms with Crippen LogP contribution in [0.1, 0.15) is 66.4 Å². The number of rotatable bonds is 6. The van der Waals surface area contributed by atoms with E-state index in [1.807, 2.05) is 12.1 Å². The van der Waals surface area contributed by atoms with Crippen molar-refractivity contribution in [2.75, 3.05) is 6.61 Å². The Balaban J connectivity index is 1.35. The zero-order valence-electron chi connectivity index (χ0n) is 17.9. The number of esters is 1. The normalized spacial score (nSPS) is 19.7. The van der Waals surface area contributed by atoms with Gasteiger partial charge in [-0.1, -0.05) is 55.7 Å². The van der Waals surface area contributed by atoms with Crippen LogP contribution >= 0.6 is 0 Å². The number of amidine groups is 1. The molecule has 4 rings (SSSR count). The molecular formula is C24H26N2O5S. The van der Waals surface area contributed by atoms with Crippen molar-refractivity contribution < 1.29 is 22.7 Å². The molecule has 1 fully saturated rings. The van der Waals surface area contributed by atoms with Gasteiger partial charge >= 0.3 is 5.97 Å². The molecule has 1 atom stereocenters. The minimum absolute atomic E-state index is 0.0923. The lowest BCUT2D eigenvalue weighted by molar-refractivity contribution is -0.143. The van der Waals surface area contributed by atoms with Gasteiger partial charge in [-0.2, -0.15) is 0 Å². The summed E-state index contributed by atoms with van der Waals surface area (Å²) in [6.45, 7) is 1.10. The summed E-state index contributed by atoms with van der Waals surface area (Å²) < 4.78 is 31.8. The summed E-state index contributed by atoms with van der Waals surface area (Å²) in [6.07, 6.45) is 6.16. The number of nitrogens with zero attached hydrogens (tertiary/aromatic N) is 1. The second-order valence-corrected chi connectivity index (χ2v) is 9.89. The second-order valence-electron chi connectivity index (χ2n) is 8.24. The number of aliphatic imine (C=N–C) groups is 1. The zero-order valence-corrected chi connectivity index (χ0v) is 18.7. The molecule has 32 heavy (non-hydrogen) atoms. The number of benzene rings is 2. The first-order valence-corrected chi connectivity index (χ1v) is 12.3. The molecule has 1 heterocycles. The maximum Gasteiger partial charge on any atom is 0.331 e. The van der Waals surface area contributed by atoms with Gasteiger partial charge in [-0.05, 0) is 43.4 Å². The molecule has 1 N–H and O–H groups in total. The average molecular weight is 455 g/mol. The van der Waals surface area contributed by atoms with E-state index in [2.05, 4.69) is 9.71 Å². The Morgan fingerprint density at radius 2 is 1.75 bits per heavy atom. The molecule has 0 aromatic heterocycles. The van der Waals surface area contributed by atoms with Gasteiger partial charge in [0.25, 0.3) is 10.0 Å². The highest BCUT2D eigenvalue weighted by Gasteiger charge is 2.31. The van der Waals surface area contributed by atoms with Crippen LogP contribution in [0.5, 0.6) is 0 Å². The number of ketones is 1. The van der Waals surface area contributed by atoms with E-state index >= 15 is 0 Å². The summed E-state index contributed by atoms with van der Waals surface area (Å²) in [5, 5.41) is 0. The number of hydrogen-bond acceptors (Lipinski definition) is 6. The third-order valence-electron chi connectivity index (χ3n) is 5.98. The minimum Gasteiger partial charge on any atom is -0.456 e. The maximum atomic E-state index is 12.4. The Bertz CT molecular complexity index is 1150. The first kappa shape index (κ1) is 22.2. The summed E-state index contributed by atoms with van der Waals surface area (Å²) >= 11 is 0. The van der Waals surface area contributed by atoms with Crippen LogP contribution in [0.4, 0.5) is 0 Å². The molecule has 2 aromatic rings. The number of carbonyl (C=O) groups is 2. The molecule has 7 nitrogen and oxygen atoms in total. The van der Waals surface area contributed by atoms with Crippen molar-refractivity contribution in [1.29, 1.82) is 0 Å². The fourth-order valence-corrected chi connectivity index (χ4v) is 5.43. The van der Waals surface area contributed by atoms with Crippen LogP contribution in [0.3, 0.4) is 0 Å². The predicted octanol–water partition coefficient (Wildman–Crippen LogP) is 3.59. The highest BCUT2D eigenvalue weighted by molar-refractivity contribution is 7.90. The van der Waals surface area contributed by atoms with Crippen LogP contribution in [0.2, 0.25) is 0 Å². The van der Waals surface area contributed by atoms with Gasteiger partial charge < -0.3 is 4.74 Å². The lowest BCUT2D eigenvalue weighted by Gasteiger charge is -2.22. The summed E-state index contributed by atoms with van der Waals surface area (Å²) in [7, 11) is -3.69. The van der Waals surface area contributed by atoms with Crippen molar-refractivity contribution in [1.82, 2.24) is 4.72 Å². The summed E-state index contributed by atoms with van der Waals surface area (Å²) in [4.78, 5) is 29.1. The maximum absolute atomic E-state index is 12.4.